The number of benzene rings is 12. The minimum absolute atomic E-state index is 0.632. The topological polar surface area (TPSA) is 12.5 Å². The molecule has 0 N–H and O–H groups in total. The van der Waals surface area contributed by atoms with Crippen molar-refractivity contribution in [3.8, 4) is 56.0 Å². The SMILES string of the molecule is c1ccc(-c2cccc(N(c3ccc(-c4ccc5ccccc5c4)cc3)c3cccc(-c4cccc5c4-c4ccccc4C54c5ccc6ccccc6c5Oc5c4ccc4ccccc54)c3)c2)cc1. The Morgan fingerprint density at radius 3 is 1.49 bits per heavy atom. The maximum Gasteiger partial charge on any atom is 0.140 e. The Balaban J connectivity index is 0.965. The van der Waals surface area contributed by atoms with E-state index >= 15 is 0 Å². The molecule has 0 atom stereocenters. The van der Waals surface area contributed by atoms with Crippen molar-refractivity contribution in [1.29, 1.82) is 0 Å². The number of hydrogen-bond donors (Lipinski definition) is 0. The van der Waals surface area contributed by atoms with Crippen LogP contribution in [0.2, 0.25) is 0 Å². The Hall–Kier alpha value is -8.98. The largest absolute Gasteiger partial charge is 0.455 e. The van der Waals surface area contributed by atoms with Crippen molar-refractivity contribution < 1.29 is 4.74 Å². The molecule has 12 aromatic carbocycles. The van der Waals surface area contributed by atoms with Crippen LogP contribution in [0.25, 0.3) is 76.8 Å². The lowest BCUT2D eigenvalue weighted by atomic mass is 9.65. The van der Waals surface area contributed by atoms with Crippen LogP contribution in [-0.4, -0.2) is 0 Å². The van der Waals surface area contributed by atoms with Crippen LogP contribution in [0.4, 0.5) is 17.1 Å². The van der Waals surface area contributed by atoms with Crippen LogP contribution in [0.1, 0.15) is 22.3 Å². The number of ether oxygens (including phenoxy) is 1. The van der Waals surface area contributed by atoms with Gasteiger partial charge in [0, 0.05) is 39.0 Å². The molecule has 14 rings (SSSR count). The van der Waals surface area contributed by atoms with Crippen molar-refractivity contribution in [3.05, 3.63) is 283 Å². The second kappa shape index (κ2) is 15.6. The standard InChI is InChI=1S/C67H43NO/c1-2-15-44(16-3-1)50-21-12-23-54(42-50)68(53-37-33-46(34-38-53)51-32-31-45-17-4-5-20-49(45)41-51)55-24-13-22-52(43-55)56-28-14-30-61-64(56)59-27-10-11-29-60(59)67(61)62-39-35-47-18-6-8-25-57(47)65(62)69-66-58-26-9-7-19-48(58)36-40-63(66)67/h1-43H. The van der Waals surface area contributed by atoms with Crippen LogP contribution in [0, 0.1) is 0 Å². The first-order valence-corrected chi connectivity index (χ1v) is 23.8. The molecule has 1 heterocycles. The van der Waals surface area contributed by atoms with E-state index in [1.54, 1.807) is 0 Å². The molecule has 0 fully saturated rings. The highest BCUT2D eigenvalue weighted by atomic mass is 16.5. The number of hydrogen-bond acceptors (Lipinski definition) is 2. The van der Waals surface area contributed by atoms with Gasteiger partial charge in [0.2, 0.25) is 0 Å². The number of rotatable bonds is 6. The van der Waals surface area contributed by atoms with Gasteiger partial charge in [0.25, 0.3) is 0 Å². The summed E-state index contributed by atoms with van der Waals surface area (Å²) in [6.45, 7) is 0. The van der Waals surface area contributed by atoms with Crippen molar-refractivity contribution in [2.75, 3.05) is 4.90 Å². The van der Waals surface area contributed by atoms with Gasteiger partial charge in [0.15, 0.2) is 0 Å². The van der Waals surface area contributed by atoms with E-state index in [1.807, 2.05) is 0 Å². The van der Waals surface area contributed by atoms with Gasteiger partial charge in [-0.25, -0.2) is 0 Å². The third-order valence-corrected chi connectivity index (χ3v) is 14.7. The molecule has 0 radical (unpaired) electrons. The van der Waals surface area contributed by atoms with Gasteiger partial charge in [-0.05, 0) is 120 Å². The summed E-state index contributed by atoms with van der Waals surface area (Å²) in [4.78, 5) is 2.40. The van der Waals surface area contributed by atoms with Crippen LogP contribution >= 0.6 is 0 Å². The minimum atomic E-state index is -0.632. The summed E-state index contributed by atoms with van der Waals surface area (Å²) in [5.74, 6) is 1.85. The van der Waals surface area contributed by atoms with E-state index in [0.29, 0.717) is 0 Å². The third kappa shape index (κ3) is 6.06. The molecule has 322 valence electrons. The highest BCUT2D eigenvalue weighted by molar-refractivity contribution is 6.02. The van der Waals surface area contributed by atoms with E-state index in [-0.39, 0.29) is 0 Å². The van der Waals surface area contributed by atoms with Gasteiger partial charge in [-0.1, -0.05) is 218 Å². The van der Waals surface area contributed by atoms with Crippen molar-refractivity contribution in [2.45, 2.75) is 5.41 Å². The Morgan fingerprint density at radius 2 is 0.768 bits per heavy atom. The van der Waals surface area contributed by atoms with Gasteiger partial charge in [0.1, 0.15) is 11.5 Å². The second-order valence-electron chi connectivity index (χ2n) is 18.4. The van der Waals surface area contributed by atoms with Gasteiger partial charge in [-0.15, -0.1) is 0 Å². The number of fused-ring (bicyclic) bond motifs is 14. The van der Waals surface area contributed by atoms with E-state index in [4.69, 9.17) is 4.74 Å². The smallest absolute Gasteiger partial charge is 0.140 e. The molecule has 12 aromatic rings. The lowest BCUT2D eigenvalue weighted by Gasteiger charge is -2.40. The maximum absolute atomic E-state index is 7.24. The second-order valence-corrected chi connectivity index (χ2v) is 18.4. The zero-order chi connectivity index (χ0) is 45.5. The fraction of sp³-hybridized carbons (Fsp3) is 0.0149. The summed E-state index contributed by atoms with van der Waals surface area (Å²) < 4.78 is 7.24. The average molecular weight is 878 g/mol. The Kier molecular flexibility index (Phi) is 8.84. The van der Waals surface area contributed by atoms with Crippen molar-refractivity contribution in [2.24, 2.45) is 0 Å². The number of nitrogens with zero attached hydrogens (tertiary/aromatic N) is 1. The fourth-order valence-corrected chi connectivity index (χ4v) is 11.6. The van der Waals surface area contributed by atoms with Crippen LogP contribution < -0.4 is 9.64 Å². The highest BCUT2D eigenvalue weighted by Crippen LogP contribution is 2.65. The van der Waals surface area contributed by atoms with E-state index in [1.165, 1.54) is 60.8 Å². The molecule has 2 heteroatoms. The molecule has 0 unspecified atom stereocenters. The molecule has 1 spiro atoms. The van der Waals surface area contributed by atoms with Crippen molar-refractivity contribution in [3.63, 3.8) is 0 Å². The summed E-state index contributed by atoms with van der Waals surface area (Å²) in [5.41, 5.74) is 17.1. The predicted octanol–water partition coefficient (Wildman–Crippen LogP) is 18.1. The molecule has 0 saturated carbocycles. The first-order valence-electron chi connectivity index (χ1n) is 23.8. The molecule has 1 aliphatic heterocycles. The molecule has 1 aliphatic carbocycles. The quantitative estimate of drug-likeness (QED) is 0.165. The lowest BCUT2D eigenvalue weighted by Crippen LogP contribution is -2.32. The zero-order valence-corrected chi connectivity index (χ0v) is 37.7. The summed E-state index contributed by atoms with van der Waals surface area (Å²) >= 11 is 0. The molecule has 2 aliphatic rings. The van der Waals surface area contributed by atoms with Crippen LogP contribution in [0.15, 0.2) is 261 Å². The monoisotopic (exact) mass is 877 g/mol. The highest BCUT2D eigenvalue weighted by Gasteiger charge is 2.52. The Labute approximate surface area is 401 Å². The zero-order valence-electron chi connectivity index (χ0n) is 37.7. The van der Waals surface area contributed by atoms with Gasteiger partial charge >= 0.3 is 0 Å². The van der Waals surface area contributed by atoms with Crippen LogP contribution in [-0.2, 0) is 5.41 Å². The normalized spacial score (nSPS) is 12.9. The van der Waals surface area contributed by atoms with Crippen LogP contribution in [0.5, 0.6) is 11.5 Å². The molecule has 0 aromatic heterocycles. The molecular weight excluding hydrogens is 835 g/mol. The Bertz CT molecular complexity index is 3910. The van der Waals surface area contributed by atoms with Crippen molar-refractivity contribution in [1.82, 2.24) is 0 Å². The van der Waals surface area contributed by atoms with Crippen molar-refractivity contribution >= 4 is 49.4 Å². The van der Waals surface area contributed by atoms with E-state index in [9.17, 15) is 0 Å². The van der Waals surface area contributed by atoms with E-state index < -0.39 is 5.41 Å². The molecule has 69 heavy (non-hydrogen) atoms. The van der Waals surface area contributed by atoms with Gasteiger partial charge in [-0.3, -0.25) is 0 Å². The summed E-state index contributed by atoms with van der Waals surface area (Å²) in [5, 5.41) is 7.04. The Morgan fingerprint density at radius 1 is 0.275 bits per heavy atom. The minimum Gasteiger partial charge on any atom is -0.455 e. The summed E-state index contributed by atoms with van der Waals surface area (Å²) in [7, 11) is 0. The van der Waals surface area contributed by atoms with Gasteiger partial charge < -0.3 is 9.64 Å². The molecule has 0 saturated heterocycles. The van der Waals surface area contributed by atoms with Crippen LogP contribution in [0.3, 0.4) is 0 Å². The molecule has 0 bridgehead atoms. The molecule has 0 amide bonds. The molecular formula is C67H43NO. The van der Waals surface area contributed by atoms with E-state index in [0.717, 1.165) is 66.8 Å². The summed E-state index contributed by atoms with van der Waals surface area (Å²) in [6, 6.07) is 95.5. The number of anilines is 3. The fourth-order valence-electron chi connectivity index (χ4n) is 11.6. The van der Waals surface area contributed by atoms with Gasteiger partial charge in [0.05, 0.1) is 5.41 Å². The lowest BCUT2D eigenvalue weighted by molar-refractivity contribution is 0.447. The van der Waals surface area contributed by atoms with E-state index in [2.05, 4.69) is 266 Å². The predicted molar refractivity (Wildman–Crippen MR) is 287 cm³/mol. The first kappa shape index (κ1) is 39.2. The average Bonchev–Trinajstić information content (AvgIpc) is 3.72. The van der Waals surface area contributed by atoms with Gasteiger partial charge in [-0.2, -0.15) is 0 Å². The first-order chi connectivity index (χ1) is 34.2. The third-order valence-electron chi connectivity index (χ3n) is 14.7. The molecule has 2 nitrogen and oxygen atoms in total. The maximum atomic E-state index is 7.24. The summed E-state index contributed by atoms with van der Waals surface area (Å²) in [6.07, 6.45) is 0.